The summed E-state index contributed by atoms with van der Waals surface area (Å²) in [6.07, 6.45) is 0.831. The highest BCUT2D eigenvalue weighted by Crippen LogP contribution is 2.39. The summed E-state index contributed by atoms with van der Waals surface area (Å²) in [7, 11) is 1.57. The quantitative estimate of drug-likeness (QED) is 0.759. The molecule has 0 saturated carbocycles. The van der Waals surface area contributed by atoms with Crippen LogP contribution >= 0.6 is 11.3 Å². The van der Waals surface area contributed by atoms with Crippen LogP contribution in [0.4, 0.5) is 5.13 Å². The number of fused-ring (bicyclic) bond motifs is 1. The lowest BCUT2D eigenvalue weighted by molar-refractivity contribution is 0.102. The molecule has 0 bridgehead atoms. The number of hydrogen-bond donors (Lipinski definition) is 1. The van der Waals surface area contributed by atoms with E-state index in [2.05, 4.69) is 15.5 Å². The molecule has 0 aliphatic carbocycles. The zero-order chi connectivity index (χ0) is 18.1. The van der Waals surface area contributed by atoms with Crippen LogP contribution in [0.1, 0.15) is 22.8 Å². The lowest BCUT2D eigenvalue weighted by atomic mass is 10.1. The van der Waals surface area contributed by atoms with E-state index in [1.165, 1.54) is 11.3 Å². The van der Waals surface area contributed by atoms with Gasteiger partial charge in [0.15, 0.2) is 11.5 Å². The summed E-state index contributed by atoms with van der Waals surface area (Å²) in [6.45, 7) is 1.99. The largest absolute Gasteiger partial charge is 0.493 e. The monoisotopic (exact) mass is 367 g/mol. The highest BCUT2D eigenvalue weighted by Gasteiger charge is 2.25. The Hall–Kier alpha value is -2.93. The fourth-order valence-electron chi connectivity index (χ4n) is 2.92. The molecule has 26 heavy (non-hydrogen) atoms. The molecule has 7 heteroatoms. The minimum absolute atomic E-state index is 0.0776. The van der Waals surface area contributed by atoms with Gasteiger partial charge in [-0.05, 0) is 19.1 Å². The van der Waals surface area contributed by atoms with Crippen molar-refractivity contribution in [2.24, 2.45) is 0 Å². The van der Waals surface area contributed by atoms with Crippen molar-refractivity contribution in [2.45, 2.75) is 19.4 Å². The Balaban J connectivity index is 1.56. The third-order valence-electron chi connectivity index (χ3n) is 4.11. The fraction of sp³-hybridized carbons (Fsp3) is 0.211. The van der Waals surface area contributed by atoms with Gasteiger partial charge in [-0.25, -0.2) is 0 Å². The van der Waals surface area contributed by atoms with Crippen molar-refractivity contribution >= 4 is 22.4 Å². The first-order valence-corrected chi connectivity index (χ1v) is 9.03. The highest BCUT2D eigenvalue weighted by molar-refractivity contribution is 7.18. The molecule has 132 valence electrons. The lowest BCUT2D eigenvalue weighted by Crippen LogP contribution is -2.12. The summed E-state index contributed by atoms with van der Waals surface area (Å²) in [5.74, 6) is 1.04. The van der Waals surface area contributed by atoms with Crippen LogP contribution in [-0.2, 0) is 6.42 Å². The number of aromatic nitrogens is 2. The molecule has 4 rings (SSSR count). The highest BCUT2D eigenvalue weighted by atomic mass is 32.1. The van der Waals surface area contributed by atoms with Crippen LogP contribution < -0.4 is 14.8 Å². The summed E-state index contributed by atoms with van der Waals surface area (Å²) < 4.78 is 11.1. The molecule has 0 saturated heterocycles. The SMILES string of the molecule is COc1cc(C(=O)Nc2nnc(-c3ccccc3)s2)cc2c1OC(C)C2. The Morgan fingerprint density at radius 1 is 1.27 bits per heavy atom. The van der Waals surface area contributed by atoms with Crippen molar-refractivity contribution in [3.8, 4) is 22.1 Å². The molecular weight excluding hydrogens is 350 g/mol. The third kappa shape index (κ3) is 3.13. The van der Waals surface area contributed by atoms with Crippen LogP contribution in [0.2, 0.25) is 0 Å². The van der Waals surface area contributed by atoms with Gasteiger partial charge in [-0.2, -0.15) is 0 Å². The van der Waals surface area contributed by atoms with Gasteiger partial charge in [0.05, 0.1) is 7.11 Å². The second kappa shape index (κ2) is 6.76. The lowest BCUT2D eigenvalue weighted by Gasteiger charge is -2.10. The molecule has 1 unspecified atom stereocenters. The van der Waals surface area contributed by atoms with Gasteiger partial charge in [0, 0.05) is 23.1 Å². The minimum atomic E-state index is -0.249. The van der Waals surface area contributed by atoms with Crippen molar-refractivity contribution < 1.29 is 14.3 Å². The summed E-state index contributed by atoms with van der Waals surface area (Å²) in [4.78, 5) is 12.6. The standard InChI is InChI=1S/C19H17N3O3S/c1-11-8-13-9-14(10-15(24-2)16(13)25-11)17(23)20-19-22-21-18(26-19)12-6-4-3-5-7-12/h3-7,9-11H,8H2,1-2H3,(H,20,22,23). The van der Waals surface area contributed by atoms with E-state index in [0.717, 1.165) is 28.3 Å². The number of nitrogens with one attached hydrogen (secondary N) is 1. The van der Waals surface area contributed by atoms with Crippen LogP contribution in [-0.4, -0.2) is 29.3 Å². The summed E-state index contributed by atoms with van der Waals surface area (Å²) in [6, 6.07) is 13.3. The van der Waals surface area contributed by atoms with Gasteiger partial charge in [0.1, 0.15) is 11.1 Å². The predicted octanol–water partition coefficient (Wildman–Crippen LogP) is 3.79. The van der Waals surface area contributed by atoms with E-state index in [0.29, 0.717) is 16.4 Å². The smallest absolute Gasteiger partial charge is 0.257 e. The molecule has 0 radical (unpaired) electrons. The number of hydrogen-bond acceptors (Lipinski definition) is 6. The average Bonchev–Trinajstić information content (AvgIpc) is 3.27. The van der Waals surface area contributed by atoms with Crippen molar-refractivity contribution in [2.75, 3.05) is 12.4 Å². The number of carbonyl (C=O) groups excluding carboxylic acids is 1. The molecule has 2 heterocycles. The number of nitrogens with zero attached hydrogens (tertiary/aromatic N) is 2. The van der Waals surface area contributed by atoms with Crippen molar-refractivity contribution in [1.29, 1.82) is 0 Å². The molecule has 1 atom stereocenters. The maximum atomic E-state index is 12.6. The van der Waals surface area contributed by atoms with E-state index in [-0.39, 0.29) is 12.0 Å². The van der Waals surface area contributed by atoms with Crippen LogP contribution in [0.15, 0.2) is 42.5 Å². The Morgan fingerprint density at radius 3 is 2.85 bits per heavy atom. The van der Waals surface area contributed by atoms with Gasteiger partial charge in [0.25, 0.3) is 5.91 Å². The van der Waals surface area contributed by atoms with Crippen molar-refractivity contribution in [3.05, 3.63) is 53.6 Å². The normalized spacial score (nSPS) is 15.2. The van der Waals surface area contributed by atoms with Crippen LogP contribution in [0.25, 0.3) is 10.6 Å². The molecule has 1 aliphatic heterocycles. The van der Waals surface area contributed by atoms with Crippen molar-refractivity contribution in [1.82, 2.24) is 10.2 Å². The van der Waals surface area contributed by atoms with E-state index in [9.17, 15) is 4.79 Å². The Morgan fingerprint density at radius 2 is 2.08 bits per heavy atom. The molecule has 0 fully saturated rings. The molecule has 1 aliphatic rings. The minimum Gasteiger partial charge on any atom is -0.493 e. The second-order valence-corrected chi connectivity index (χ2v) is 7.01. The van der Waals surface area contributed by atoms with Crippen LogP contribution in [0.3, 0.4) is 0 Å². The first kappa shape index (κ1) is 16.5. The molecule has 1 aromatic heterocycles. The maximum Gasteiger partial charge on any atom is 0.257 e. The van der Waals surface area contributed by atoms with Crippen LogP contribution in [0.5, 0.6) is 11.5 Å². The average molecular weight is 367 g/mol. The van der Waals surface area contributed by atoms with Gasteiger partial charge in [-0.1, -0.05) is 41.7 Å². The number of ether oxygens (including phenoxy) is 2. The molecule has 1 amide bonds. The van der Waals surface area contributed by atoms with Gasteiger partial charge >= 0.3 is 0 Å². The second-order valence-electron chi connectivity index (χ2n) is 6.03. The molecule has 1 N–H and O–H groups in total. The van der Waals surface area contributed by atoms with Crippen LogP contribution in [0, 0.1) is 0 Å². The first-order chi connectivity index (χ1) is 12.6. The fourth-order valence-corrected chi connectivity index (χ4v) is 3.67. The van der Waals surface area contributed by atoms with E-state index in [1.807, 2.05) is 43.3 Å². The summed E-state index contributed by atoms with van der Waals surface area (Å²) in [5.41, 5.74) is 2.45. The number of methoxy groups -OCH3 is 1. The van der Waals surface area contributed by atoms with Gasteiger partial charge in [-0.3, -0.25) is 10.1 Å². The molecule has 0 spiro atoms. The van der Waals surface area contributed by atoms with E-state index < -0.39 is 0 Å². The number of anilines is 1. The van der Waals surface area contributed by atoms with Gasteiger partial charge < -0.3 is 9.47 Å². The zero-order valence-corrected chi connectivity index (χ0v) is 15.2. The Labute approximate surface area is 154 Å². The summed E-state index contributed by atoms with van der Waals surface area (Å²) >= 11 is 1.33. The molecule has 3 aromatic rings. The molecular formula is C19H17N3O3S. The van der Waals surface area contributed by atoms with E-state index in [4.69, 9.17) is 9.47 Å². The van der Waals surface area contributed by atoms with E-state index >= 15 is 0 Å². The zero-order valence-electron chi connectivity index (χ0n) is 14.4. The number of amides is 1. The van der Waals surface area contributed by atoms with Gasteiger partial charge in [0.2, 0.25) is 5.13 Å². The first-order valence-electron chi connectivity index (χ1n) is 8.22. The Bertz CT molecular complexity index is 956. The Kier molecular flexibility index (Phi) is 4.30. The third-order valence-corrected chi connectivity index (χ3v) is 4.99. The number of rotatable bonds is 4. The topological polar surface area (TPSA) is 73.3 Å². The maximum absolute atomic E-state index is 12.6. The van der Waals surface area contributed by atoms with Crippen molar-refractivity contribution in [3.63, 3.8) is 0 Å². The predicted molar refractivity (Wildman–Crippen MR) is 100 cm³/mol. The molecule has 6 nitrogen and oxygen atoms in total. The number of benzene rings is 2. The molecule has 2 aromatic carbocycles. The van der Waals surface area contributed by atoms with E-state index in [1.54, 1.807) is 13.2 Å². The summed E-state index contributed by atoms with van der Waals surface area (Å²) in [5, 5.41) is 12.2. The number of carbonyl (C=O) groups is 1. The van der Waals surface area contributed by atoms with Gasteiger partial charge in [-0.15, -0.1) is 10.2 Å².